The Morgan fingerprint density at radius 3 is 2.94 bits per heavy atom. The van der Waals surface area contributed by atoms with Crippen molar-refractivity contribution >= 4 is 11.8 Å². The molecular formula is C12H15FN2O2. The van der Waals surface area contributed by atoms with Crippen molar-refractivity contribution in [2.75, 3.05) is 18.1 Å². The molecule has 1 aliphatic rings. The van der Waals surface area contributed by atoms with Gasteiger partial charge in [-0.3, -0.25) is 4.90 Å². The van der Waals surface area contributed by atoms with E-state index in [1.807, 2.05) is 0 Å². The van der Waals surface area contributed by atoms with Gasteiger partial charge in [-0.25, -0.2) is 9.18 Å². The SMILES string of the molecule is NCCC1CCOC(=O)N1c1ccccc1F. The summed E-state index contributed by atoms with van der Waals surface area (Å²) in [5.41, 5.74) is 5.77. The Kier molecular flexibility index (Phi) is 3.58. The minimum Gasteiger partial charge on any atom is -0.449 e. The number of hydrogen-bond acceptors (Lipinski definition) is 3. The highest BCUT2D eigenvalue weighted by molar-refractivity contribution is 5.89. The van der Waals surface area contributed by atoms with Crippen molar-refractivity contribution in [3.63, 3.8) is 0 Å². The number of amides is 1. The summed E-state index contributed by atoms with van der Waals surface area (Å²) < 4.78 is 18.6. The first-order chi connectivity index (χ1) is 8.24. The van der Waals surface area contributed by atoms with Crippen LogP contribution in [0.5, 0.6) is 0 Å². The van der Waals surface area contributed by atoms with Crippen LogP contribution in [-0.4, -0.2) is 25.3 Å². The molecule has 92 valence electrons. The smallest absolute Gasteiger partial charge is 0.414 e. The lowest BCUT2D eigenvalue weighted by Gasteiger charge is -2.34. The van der Waals surface area contributed by atoms with Gasteiger partial charge in [-0.05, 0) is 25.1 Å². The van der Waals surface area contributed by atoms with Gasteiger partial charge in [-0.15, -0.1) is 0 Å². The fourth-order valence-corrected chi connectivity index (χ4v) is 2.04. The molecule has 1 unspecified atom stereocenters. The van der Waals surface area contributed by atoms with Gasteiger partial charge in [0.15, 0.2) is 0 Å². The predicted octanol–water partition coefficient (Wildman–Crippen LogP) is 1.89. The fraction of sp³-hybridized carbons (Fsp3) is 0.417. The Labute approximate surface area is 99.2 Å². The number of halogens is 1. The lowest BCUT2D eigenvalue weighted by Crippen LogP contribution is -2.47. The van der Waals surface area contributed by atoms with Crippen molar-refractivity contribution in [2.45, 2.75) is 18.9 Å². The van der Waals surface area contributed by atoms with E-state index in [0.29, 0.717) is 26.0 Å². The molecule has 2 rings (SSSR count). The number of cyclic esters (lactones) is 1. The van der Waals surface area contributed by atoms with E-state index < -0.39 is 11.9 Å². The van der Waals surface area contributed by atoms with E-state index in [2.05, 4.69) is 0 Å². The molecule has 5 heteroatoms. The van der Waals surface area contributed by atoms with Crippen LogP contribution in [0.1, 0.15) is 12.8 Å². The molecule has 0 bridgehead atoms. The standard InChI is InChI=1S/C12H15FN2O2/c13-10-3-1-2-4-11(10)15-9(5-7-14)6-8-17-12(15)16/h1-4,9H,5-8,14H2. The van der Waals surface area contributed by atoms with Crippen LogP contribution in [0.4, 0.5) is 14.9 Å². The van der Waals surface area contributed by atoms with Crippen LogP contribution in [0.2, 0.25) is 0 Å². The van der Waals surface area contributed by atoms with Gasteiger partial charge in [0.25, 0.3) is 0 Å². The van der Waals surface area contributed by atoms with Gasteiger partial charge in [0.2, 0.25) is 0 Å². The van der Waals surface area contributed by atoms with Crippen LogP contribution in [0.15, 0.2) is 24.3 Å². The third kappa shape index (κ3) is 2.39. The summed E-state index contributed by atoms with van der Waals surface area (Å²) in [5.74, 6) is -0.423. The van der Waals surface area contributed by atoms with Crippen LogP contribution >= 0.6 is 0 Å². The topological polar surface area (TPSA) is 55.6 Å². The summed E-state index contributed by atoms with van der Waals surface area (Å²) in [7, 11) is 0. The van der Waals surface area contributed by atoms with E-state index in [1.54, 1.807) is 18.2 Å². The molecule has 1 aromatic carbocycles. The first-order valence-electron chi connectivity index (χ1n) is 5.64. The summed E-state index contributed by atoms with van der Waals surface area (Å²) in [5, 5.41) is 0. The molecule has 1 aromatic rings. The highest BCUT2D eigenvalue weighted by atomic mass is 19.1. The second-order valence-corrected chi connectivity index (χ2v) is 3.96. The molecular weight excluding hydrogens is 223 g/mol. The van der Waals surface area contributed by atoms with Crippen molar-refractivity contribution in [1.82, 2.24) is 0 Å². The van der Waals surface area contributed by atoms with Gasteiger partial charge in [0, 0.05) is 12.5 Å². The molecule has 1 atom stereocenters. The minimum atomic E-state index is -0.500. The first kappa shape index (κ1) is 11.9. The zero-order valence-corrected chi connectivity index (χ0v) is 9.43. The number of nitrogens with zero attached hydrogens (tertiary/aromatic N) is 1. The second kappa shape index (κ2) is 5.14. The predicted molar refractivity (Wildman–Crippen MR) is 62.3 cm³/mol. The molecule has 1 heterocycles. The Balaban J connectivity index is 2.31. The van der Waals surface area contributed by atoms with Gasteiger partial charge < -0.3 is 10.5 Å². The number of anilines is 1. The average molecular weight is 238 g/mol. The molecule has 1 aliphatic heterocycles. The number of carbonyl (C=O) groups excluding carboxylic acids is 1. The molecule has 0 spiro atoms. The summed E-state index contributed by atoms with van der Waals surface area (Å²) in [6, 6.07) is 6.10. The van der Waals surface area contributed by atoms with Gasteiger partial charge in [0.1, 0.15) is 5.82 Å². The molecule has 2 N–H and O–H groups in total. The van der Waals surface area contributed by atoms with E-state index in [1.165, 1.54) is 11.0 Å². The van der Waals surface area contributed by atoms with Gasteiger partial charge >= 0.3 is 6.09 Å². The van der Waals surface area contributed by atoms with E-state index in [-0.39, 0.29) is 11.7 Å². The second-order valence-electron chi connectivity index (χ2n) is 3.96. The first-order valence-corrected chi connectivity index (χ1v) is 5.64. The molecule has 17 heavy (non-hydrogen) atoms. The van der Waals surface area contributed by atoms with Crippen molar-refractivity contribution in [3.05, 3.63) is 30.1 Å². The van der Waals surface area contributed by atoms with Gasteiger partial charge in [-0.2, -0.15) is 0 Å². The van der Waals surface area contributed by atoms with E-state index in [0.717, 1.165) is 0 Å². The zero-order valence-electron chi connectivity index (χ0n) is 9.43. The molecule has 0 aliphatic carbocycles. The summed E-state index contributed by atoms with van der Waals surface area (Å²) in [6.07, 6.45) is 0.820. The number of ether oxygens (including phenoxy) is 1. The van der Waals surface area contributed by atoms with Gasteiger partial charge in [0.05, 0.1) is 12.3 Å². The molecule has 1 fully saturated rings. The van der Waals surface area contributed by atoms with Crippen LogP contribution < -0.4 is 10.6 Å². The molecule has 0 radical (unpaired) electrons. The van der Waals surface area contributed by atoms with Crippen LogP contribution in [0.3, 0.4) is 0 Å². The molecule has 0 saturated carbocycles. The maximum absolute atomic E-state index is 13.7. The Bertz CT molecular complexity index is 409. The highest BCUT2D eigenvalue weighted by Crippen LogP contribution is 2.27. The van der Waals surface area contributed by atoms with Crippen LogP contribution in [0, 0.1) is 5.82 Å². The third-order valence-electron chi connectivity index (χ3n) is 2.85. The quantitative estimate of drug-likeness (QED) is 0.874. The Morgan fingerprint density at radius 2 is 2.24 bits per heavy atom. The number of carbonyl (C=O) groups is 1. The maximum Gasteiger partial charge on any atom is 0.414 e. The normalized spacial score (nSPS) is 20.2. The maximum atomic E-state index is 13.7. The number of hydrogen-bond donors (Lipinski definition) is 1. The average Bonchev–Trinajstić information content (AvgIpc) is 2.31. The Hall–Kier alpha value is -1.62. The Morgan fingerprint density at radius 1 is 1.47 bits per heavy atom. The molecule has 4 nitrogen and oxygen atoms in total. The number of rotatable bonds is 3. The monoisotopic (exact) mass is 238 g/mol. The molecule has 0 aromatic heterocycles. The molecule has 1 amide bonds. The third-order valence-corrected chi connectivity index (χ3v) is 2.85. The zero-order chi connectivity index (χ0) is 12.3. The summed E-state index contributed by atoms with van der Waals surface area (Å²) in [4.78, 5) is 13.1. The summed E-state index contributed by atoms with van der Waals surface area (Å²) >= 11 is 0. The van der Waals surface area contributed by atoms with E-state index >= 15 is 0 Å². The number of nitrogens with two attached hydrogens (primary N) is 1. The lowest BCUT2D eigenvalue weighted by atomic mass is 10.1. The van der Waals surface area contributed by atoms with Crippen molar-refractivity contribution < 1.29 is 13.9 Å². The fourth-order valence-electron chi connectivity index (χ4n) is 2.04. The molecule has 1 saturated heterocycles. The van der Waals surface area contributed by atoms with Crippen molar-refractivity contribution in [3.8, 4) is 0 Å². The van der Waals surface area contributed by atoms with Gasteiger partial charge in [-0.1, -0.05) is 12.1 Å². The summed E-state index contributed by atoms with van der Waals surface area (Å²) in [6.45, 7) is 0.831. The van der Waals surface area contributed by atoms with E-state index in [4.69, 9.17) is 10.5 Å². The van der Waals surface area contributed by atoms with E-state index in [9.17, 15) is 9.18 Å². The largest absolute Gasteiger partial charge is 0.449 e. The van der Waals surface area contributed by atoms with Crippen LogP contribution in [0.25, 0.3) is 0 Å². The minimum absolute atomic E-state index is 0.0850. The van der Waals surface area contributed by atoms with Crippen molar-refractivity contribution in [2.24, 2.45) is 5.73 Å². The highest BCUT2D eigenvalue weighted by Gasteiger charge is 2.31. The number of benzene rings is 1. The van der Waals surface area contributed by atoms with Crippen LogP contribution in [-0.2, 0) is 4.74 Å². The lowest BCUT2D eigenvalue weighted by molar-refractivity contribution is 0.128. The number of para-hydroxylation sites is 1. The van der Waals surface area contributed by atoms with Crippen molar-refractivity contribution in [1.29, 1.82) is 0 Å².